The summed E-state index contributed by atoms with van der Waals surface area (Å²) in [6.45, 7) is 0.443. The van der Waals surface area contributed by atoms with Gasteiger partial charge in [0.2, 0.25) is 5.78 Å². The average Bonchev–Trinajstić information content (AvgIpc) is 3.24. The smallest absolute Gasteiger partial charge is 0.231 e. The third-order valence-electron chi connectivity index (χ3n) is 5.17. The average molecular weight is 460 g/mol. The summed E-state index contributed by atoms with van der Waals surface area (Å²) in [4.78, 5) is 12.8. The molecule has 1 aliphatic heterocycles. The molecule has 0 saturated heterocycles. The van der Waals surface area contributed by atoms with Crippen LogP contribution in [0.1, 0.15) is 21.5 Å². The molecule has 0 radical (unpaired) electrons. The van der Waals surface area contributed by atoms with Crippen molar-refractivity contribution in [3.63, 3.8) is 0 Å². The number of carbonyl (C=O) groups is 1. The van der Waals surface area contributed by atoms with E-state index in [-0.39, 0.29) is 5.78 Å². The van der Waals surface area contributed by atoms with Gasteiger partial charge in [-0.15, -0.1) is 0 Å². The van der Waals surface area contributed by atoms with Crippen molar-refractivity contribution in [1.29, 1.82) is 0 Å². The lowest BCUT2D eigenvalue weighted by Crippen LogP contribution is -1.97. The quantitative estimate of drug-likeness (QED) is 0.344. The molecule has 0 saturated carbocycles. The number of allylic oxidation sites excluding steroid dienone is 1. The van der Waals surface area contributed by atoms with E-state index < -0.39 is 0 Å². The standard InChI is InChI=1S/C25H18BrNO3/c1-27-14-17(20-4-2-3-5-22(20)27)12-24-25(28)21-11-10-19(13-23(21)30-24)29-15-16-6-8-18(26)9-7-16/h2-14H,15H2,1H3/b24-12+. The molecule has 0 bridgehead atoms. The maximum absolute atomic E-state index is 12.8. The summed E-state index contributed by atoms with van der Waals surface area (Å²) in [6.07, 6.45) is 3.82. The largest absolute Gasteiger partial charge is 0.489 e. The fourth-order valence-electron chi connectivity index (χ4n) is 3.63. The Hall–Kier alpha value is -3.31. The topological polar surface area (TPSA) is 40.5 Å². The third kappa shape index (κ3) is 3.42. The lowest BCUT2D eigenvalue weighted by Gasteiger charge is -2.07. The van der Waals surface area contributed by atoms with Crippen LogP contribution in [0.5, 0.6) is 11.5 Å². The highest BCUT2D eigenvalue weighted by atomic mass is 79.9. The second-order valence-electron chi connectivity index (χ2n) is 7.23. The summed E-state index contributed by atoms with van der Waals surface area (Å²) in [5.74, 6) is 1.40. The molecule has 5 rings (SSSR count). The van der Waals surface area contributed by atoms with Crippen molar-refractivity contribution in [1.82, 2.24) is 4.57 Å². The van der Waals surface area contributed by atoms with Gasteiger partial charge in [-0.25, -0.2) is 0 Å². The predicted octanol–water partition coefficient (Wildman–Crippen LogP) is 6.14. The Morgan fingerprint density at radius 2 is 1.87 bits per heavy atom. The number of carbonyl (C=O) groups excluding carboxylic acids is 1. The van der Waals surface area contributed by atoms with E-state index >= 15 is 0 Å². The molecule has 1 aromatic heterocycles. The van der Waals surface area contributed by atoms with Crippen LogP contribution in [0.4, 0.5) is 0 Å². The van der Waals surface area contributed by atoms with E-state index in [0.29, 0.717) is 29.4 Å². The molecule has 148 valence electrons. The number of benzene rings is 3. The zero-order valence-electron chi connectivity index (χ0n) is 16.3. The zero-order valence-corrected chi connectivity index (χ0v) is 17.8. The van der Waals surface area contributed by atoms with Crippen molar-refractivity contribution < 1.29 is 14.3 Å². The number of ketones is 1. The molecule has 1 aliphatic rings. The molecule has 0 amide bonds. The second kappa shape index (κ2) is 7.50. The number of para-hydroxylation sites is 1. The SMILES string of the molecule is Cn1cc(/C=C2/Oc3cc(OCc4ccc(Br)cc4)ccc3C2=O)c2ccccc21. The first-order chi connectivity index (χ1) is 14.6. The first-order valence-corrected chi connectivity index (χ1v) is 10.4. The van der Waals surface area contributed by atoms with Crippen LogP contribution in [-0.2, 0) is 13.7 Å². The van der Waals surface area contributed by atoms with Crippen LogP contribution in [0.15, 0.2) is 83.2 Å². The molecule has 5 heteroatoms. The van der Waals surface area contributed by atoms with Crippen molar-refractivity contribution in [3.05, 3.63) is 99.8 Å². The van der Waals surface area contributed by atoms with Crippen LogP contribution in [0.25, 0.3) is 17.0 Å². The van der Waals surface area contributed by atoms with E-state index in [9.17, 15) is 4.79 Å². The van der Waals surface area contributed by atoms with Gasteiger partial charge in [-0.3, -0.25) is 4.79 Å². The van der Waals surface area contributed by atoms with E-state index in [1.54, 1.807) is 18.2 Å². The number of hydrogen-bond donors (Lipinski definition) is 0. The highest BCUT2D eigenvalue weighted by molar-refractivity contribution is 9.10. The summed E-state index contributed by atoms with van der Waals surface area (Å²) < 4.78 is 14.9. The molecule has 0 fully saturated rings. The Morgan fingerprint density at radius 1 is 1.07 bits per heavy atom. The van der Waals surface area contributed by atoms with Gasteiger partial charge in [-0.05, 0) is 42.0 Å². The van der Waals surface area contributed by atoms with Gasteiger partial charge in [-0.2, -0.15) is 0 Å². The Balaban J connectivity index is 1.39. The Kier molecular flexibility index (Phi) is 4.68. The van der Waals surface area contributed by atoms with Crippen molar-refractivity contribution in [3.8, 4) is 11.5 Å². The normalized spacial score (nSPS) is 14.2. The number of hydrogen-bond acceptors (Lipinski definition) is 3. The van der Waals surface area contributed by atoms with E-state index in [4.69, 9.17) is 9.47 Å². The van der Waals surface area contributed by atoms with E-state index in [2.05, 4.69) is 22.0 Å². The lowest BCUT2D eigenvalue weighted by atomic mass is 10.1. The first kappa shape index (κ1) is 18.7. The Morgan fingerprint density at radius 3 is 2.70 bits per heavy atom. The van der Waals surface area contributed by atoms with Crippen LogP contribution in [0, 0.1) is 0 Å². The molecule has 0 N–H and O–H groups in total. The number of Topliss-reactive ketones (excluding diaryl/α,β-unsaturated/α-hetero) is 1. The number of halogens is 1. The molecule has 0 spiro atoms. The highest BCUT2D eigenvalue weighted by Gasteiger charge is 2.28. The maximum atomic E-state index is 12.8. The van der Waals surface area contributed by atoms with Crippen LogP contribution >= 0.6 is 15.9 Å². The number of ether oxygens (including phenoxy) is 2. The van der Waals surface area contributed by atoms with Gasteiger partial charge in [-0.1, -0.05) is 46.3 Å². The van der Waals surface area contributed by atoms with Gasteiger partial charge in [0, 0.05) is 40.2 Å². The molecule has 4 aromatic rings. The number of aromatic nitrogens is 1. The van der Waals surface area contributed by atoms with E-state index in [1.807, 2.05) is 66.4 Å². The Bertz CT molecular complexity index is 1300. The summed E-state index contributed by atoms with van der Waals surface area (Å²) in [5.41, 5.74) is 3.68. The number of aryl methyl sites for hydroxylation is 1. The molecule has 0 unspecified atom stereocenters. The fourth-order valence-corrected chi connectivity index (χ4v) is 3.90. The van der Waals surface area contributed by atoms with Crippen LogP contribution in [0.2, 0.25) is 0 Å². The van der Waals surface area contributed by atoms with Gasteiger partial charge in [0.25, 0.3) is 0 Å². The fraction of sp³-hybridized carbons (Fsp3) is 0.0800. The van der Waals surface area contributed by atoms with Gasteiger partial charge in [0.1, 0.15) is 18.1 Å². The van der Waals surface area contributed by atoms with Crippen LogP contribution < -0.4 is 9.47 Å². The van der Waals surface area contributed by atoms with Gasteiger partial charge >= 0.3 is 0 Å². The molecule has 4 nitrogen and oxygen atoms in total. The molecular formula is C25H18BrNO3. The summed E-state index contributed by atoms with van der Waals surface area (Å²) in [6, 6.07) is 21.4. The van der Waals surface area contributed by atoms with Crippen molar-refractivity contribution >= 4 is 38.7 Å². The molecule has 0 aliphatic carbocycles. The number of nitrogens with zero attached hydrogens (tertiary/aromatic N) is 1. The van der Waals surface area contributed by atoms with Gasteiger partial charge in [0.15, 0.2) is 5.76 Å². The molecule has 2 heterocycles. The Labute approximate surface area is 182 Å². The van der Waals surface area contributed by atoms with E-state index in [0.717, 1.165) is 26.5 Å². The lowest BCUT2D eigenvalue weighted by molar-refractivity contribution is 0.101. The third-order valence-corrected chi connectivity index (χ3v) is 5.70. The zero-order chi connectivity index (χ0) is 20.7. The predicted molar refractivity (Wildman–Crippen MR) is 121 cm³/mol. The van der Waals surface area contributed by atoms with E-state index in [1.165, 1.54) is 0 Å². The molecule has 3 aromatic carbocycles. The van der Waals surface area contributed by atoms with Crippen LogP contribution in [0.3, 0.4) is 0 Å². The summed E-state index contributed by atoms with van der Waals surface area (Å²) in [7, 11) is 1.99. The minimum atomic E-state index is -0.114. The van der Waals surface area contributed by atoms with Crippen LogP contribution in [-0.4, -0.2) is 10.4 Å². The summed E-state index contributed by atoms with van der Waals surface area (Å²) >= 11 is 3.43. The van der Waals surface area contributed by atoms with Gasteiger partial charge in [0.05, 0.1) is 5.56 Å². The summed E-state index contributed by atoms with van der Waals surface area (Å²) in [5, 5.41) is 1.08. The molecular weight excluding hydrogens is 442 g/mol. The molecule has 0 atom stereocenters. The minimum absolute atomic E-state index is 0.114. The first-order valence-electron chi connectivity index (χ1n) is 9.58. The number of fused-ring (bicyclic) bond motifs is 2. The maximum Gasteiger partial charge on any atom is 0.231 e. The molecule has 30 heavy (non-hydrogen) atoms. The number of rotatable bonds is 4. The van der Waals surface area contributed by atoms with Crippen molar-refractivity contribution in [2.45, 2.75) is 6.61 Å². The second-order valence-corrected chi connectivity index (χ2v) is 8.14. The highest BCUT2D eigenvalue weighted by Crippen LogP contribution is 2.36. The minimum Gasteiger partial charge on any atom is -0.489 e. The van der Waals surface area contributed by atoms with Crippen molar-refractivity contribution in [2.75, 3.05) is 0 Å². The van der Waals surface area contributed by atoms with Gasteiger partial charge < -0.3 is 14.0 Å². The van der Waals surface area contributed by atoms with Crippen molar-refractivity contribution in [2.24, 2.45) is 7.05 Å². The monoisotopic (exact) mass is 459 g/mol.